The Morgan fingerprint density at radius 1 is 1.39 bits per heavy atom. The van der Waals surface area contributed by atoms with E-state index in [2.05, 4.69) is 10.0 Å². The molecule has 0 bridgehead atoms. The molecule has 3 N–H and O–H groups in total. The van der Waals surface area contributed by atoms with Crippen LogP contribution in [0.4, 0.5) is 5.69 Å². The number of sulfonamides is 1. The number of carbonyl (C=O) groups excluding carboxylic acids is 1. The minimum absolute atomic E-state index is 0.00940. The lowest BCUT2D eigenvalue weighted by molar-refractivity contribution is -0.139. The third kappa shape index (κ3) is 4.29. The molecular weight excluding hydrogens is 320 g/mol. The molecule has 0 unspecified atom stereocenters. The van der Waals surface area contributed by atoms with Gasteiger partial charge in [0.05, 0.1) is 4.90 Å². The van der Waals surface area contributed by atoms with Crippen molar-refractivity contribution >= 4 is 27.6 Å². The van der Waals surface area contributed by atoms with Crippen molar-refractivity contribution in [3.05, 3.63) is 23.8 Å². The number of aryl methyl sites for hydroxylation is 1. The summed E-state index contributed by atoms with van der Waals surface area (Å²) < 4.78 is 27.0. The first-order valence-electron chi connectivity index (χ1n) is 7.51. The zero-order valence-electron chi connectivity index (χ0n) is 12.8. The van der Waals surface area contributed by atoms with Crippen LogP contribution in [-0.4, -0.2) is 31.4 Å². The first kappa shape index (κ1) is 17.4. The van der Waals surface area contributed by atoms with Gasteiger partial charge in [-0.25, -0.2) is 8.42 Å². The second-order valence-electron chi connectivity index (χ2n) is 5.52. The van der Waals surface area contributed by atoms with Gasteiger partial charge in [-0.3, -0.25) is 9.59 Å². The van der Waals surface area contributed by atoms with E-state index in [0.29, 0.717) is 24.9 Å². The molecule has 23 heavy (non-hydrogen) atoms. The molecule has 0 fully saturated rings. The smallest absolute Gasteiger partial charge is 0.321 e. The quantitative estimate of drug-likeness (QED) is 0.696. The number of amides is 1. The Labute approximate surface area is 135 Å². The summed E-state index contributed by atoms with van der Waals surface area (Å²) in [5, 5.41) is 11.8. The van der Waals surface area contributed by atoms with E-state index in [-0.39, 0.29) is 17.2 Å². The average molecular weight is 340 g/mol. The number of hydrogen-bond donors (Lipinski definition) is 3. The number of rotatable bonds is 7. The van der Waals surface area contributed by atoms with Crippen molar-refractivity contribution in [1.82, 2.24) is 4.72 Å². The fourth-order valence-corrected chi connectivity index (χ4v) is 3.70. The number of unbranched alkanes of at least 4 members (excludes halogenated alkanes) is 1. The van der Waals surface area contributed by atoms with Crippen LogP contribution in [0.5, 0.6) is 0 Å². The van der Waals surface area contributed by atoms with Crippen molar-refractivity contribution in [3.8, 4) is 0 Å². The number of aliphatic carboxylic acids is 1. The number of fused-ring (bicyclic) bond motifs is 1. The predicted molar refractivity (Wildman–Crippen MR) is 84.7 cm³/mol. The lowest BCUT2D eigenvalue weighted by atomic mass is 10.0. The molecule has 8 heteroatoms. The number of carbonyl (C=O) groups is 2. The first-order valence-corrected chi connectivity index (χ1v) is 8.99. The molecule has 0 spiro atoms. The van der Waals surface area contributed by atoms with E-state index in [1.54, 1.807) is 0 Å². The minimum Gasteiger partial charge on any atom is -0.480 e. The second kappa shape index (κ2) is 7.10. The van der Waals surface area contributed by atoms with E-state index in [0.717, 1.165) is 12.0 Å². The molecule has 0 saturated carbocycles. The Balaban J connectivity index is 2.22. The van der Waals surface area contributed by atoms with Crippen molar-refractivity contribution in [2.75, 3.05) is 5.32 Å². The van der Waals surface area contributed by atoms with Crippen LogP contribution in [-0.2, 0) is 26.0 Å². The summed E-state index contributed by atoms with van der Waals surface area (Å²) in [5.41, 5.74) is 1.33. The number of anilines is 1. The van der Waals surface area contributed by atoms with E-state index < -0.39 is 22.0 Å². The van der Waals surface area contributed by atoms with Crippen LogP contribution in [0.25, 0.3) is 0 Å². The normalized spacial score (nSPS) is 15.6. The van der Waals surface area contributed by atoms with Crippen molar-refractivity contribution < 1.29 is 23.1 Å². The zero-order valence-corrected chi connectivity index (χ0v) is 13.6. The van der Waals surface area contributed by atoms with Crippen LogP contribution in [0, 0.1) is 0 Å². The number of carboxylic acids is 1. The molecule has 0 radical (unpaired) electrons. The zero-order chi connectivity index (χ0) is 17.0. The highest BCUT2D eigenvalue weighted by atomic mass is 32.2. The lowest BCUT2D eigenvalue weighted by Crippen LogP contribution is -2.40. The highest BCUT2D eigenvalue weighted by molar-refractivity contribution is 7.89. The van der Waals surface area contributed by atoms with Crippen molar-refractivity contribution in [2.24, 2.45) is 0 Å². The van der Waals surface area contributed by atoms with Gasteiger partial charge in [-0.2, -0.15) is 4.72 Å². The Morgan fingerprint density at radius 2 is 2.13 bits per heavy atom. The lowest BCUT2D eigenvalue weighted by Gasteiger charge is -2.19. The summed E-state index contributed by atoms with van der Waals surface area (Å²) in [6.07, 6.45) is 2.41. The summed E-state index contributed by atoms with van der Waals surface area (Å²) in [4.78, 5) is 22.5. The van der Waals surface area contributed by atoms with Gasteiger partial charge in [-0.05, 0) is 36.6 Å². The number of hydrogen-bond acceptors (Lipinski definition) is 4. The van der Waals surface area contributed by atoms with Crippen LogP contribution in [0.15, 0.2) is 23.1 Å². The predicted octanol–water partition coefficient (Wildman–Crippen LogP) is 1.49. The monoisotopic (exact) mass is 340 g/mol. The molecule has 0 saturated heterocycles. The van der Waals surface area contributed by atoms with Gasteiger partial charge in [0, 0.05) is 12.1 Å². The maximum absolute atomic E-state index is 12.4. The number of carboxylic acid groups (broad SMARTS) is 1. The van der Waals surface area contributed by atoms with E-state index in [1.807, 2.05) is 6.92 Å². The van der Waals surface area contributed by atoms with E-state index in [4.69, 9.17) is 5.11 Å². The van der Waals surface area contributed by atoms with Gasteiger partial charge in [0.25, 0.3) is 0 Å². The Morgan fingerprint density at radius 3 is 2.78 bits per heavy atom. The van der Waals surface area contributed by atoms with Gasteiger partial charge in [-0.15, -0.1) is 0 Å². The largest absolute Gasteiger partial charge is 0.480 e. The molecule has 1 amide bonds. The topological polar surface area (TPSA) is 113 Å². The Bertz CT molecular complexity index is 715. The standard InChI is InChI=1S/C15H20N2O5S/c1-2-3-4-13(15(19)20)17-23(21,22)11-6-7-12-10(9-11)5-8-14(18)16-12/h6-7,9,13,17H,2-5,8H2,1H3,(H,16,18)(H,19,20)/t13-/m1/s1. The summed E-state index contributed by atoms with van der Waals surface area (Å²) >= 11 is 0. The molecule has 126 valence electrons. The Kier molecular flexibility index (Phi) is 5.38. The fraction of sp³-hybridized carbons (Fsp3) is 0.467. The molecule has 2 rings (SSSR count). The van der Waals surface area contributed by atoms with Gasteiger partial charge >= 0.3 is 5.97 Å². The summed E-state index contributed by atoms with van der Waals surface area (Å²) in [6, 6.07) is 3.24. The van der Waals surface area contributed by atoms with E-state index >= 15 is 0 Å². The Hall–Kier alpha value is -1.93. The van der Waals surface area contributed by atoms with Crippen molar-refractivity contribution in [3.63, 3.8) is 0 Å². The molecule has 1 aromatic carbocycles. The fourth-order valence-electron chi connectivity index (χ4n) is 2.42. The molecule has 7 nitrogen and oxygen atoms in total. The molecule has 1 aliphatic heterocycles. The average Bonchev–Trinajstić information content (AvgIpc) is 2.50. The van der Waals surface area contributed by atoms with Gasteiger partial charge in [-0.1, -0.05) is 19.8 Å². The number of nitrogens with one attached hydrogen (secondary N) is 2. The van der Waals surface area contributed by atoms with Crippen LogP contribution in [0.3, 0.4) is 0 Å². The first-order chi connectivity index (χ1) is 10.8. The molecule has 0 aromatic heterocycles. The molecule has 1 atom stereocenters. The van der Waals surface area contributed by atoms with Crippen molar-refractivity contribution in [2.45, 2.75) is 50.0 Å². The molecule has 1 heterocycles. The number of benzene rings is 1. The third-order valence-electron chi connectivity index (χ3n) is 3.72. The van der Waals surface area contributed by atoms with Gasteiger partial charge in [0.2, 0.25) is 15.9 Å². The molecular formula is C15H20N2O5S. The maximum Gasteiger partial charge on any atom is 0.321 e. The highest BCUT2D eigenvalue weighted by Crippen LogP contribution is 2.25. The van der Waals surface area contributed by atoms with Crippen LogP contribution in [0.2, 0.25) is 0 Å². The third-order valence-corrected chi connectivity index (χ3v) is 5.19. The van der Waals surface area contributed by atoms with Gasteiger partial charge < -0.3 is 10.4 Å². The van der Waals surface area contributed by atoms with Crippen molar-refractivity contribution in [1.29, 1.82) is 0 Å². The van der Waals surface area contributed by atoms with Crippen LogP contribution < -0.4 is 10.0 Å². The van der Waals surface area contributed by atoms with Gasteiger partial charge in [0.1, 0.15) is 6.04 Å². The maximum atomic E-state index is 12.4. The van der Waals surface area contributed by atoms with Gasteiger partial charge in [0.15, 0.2) is 0 Å². The van der Waals surface area contributed by atoms with E-state index in [1.165, 1.54) is 18.2 Å². The van der Waals surface area contributed by atoms with Crippen LogP contribution in [0.1, 0.15) is 38.2 Å². The highest BCUT2D eigenvalue weighted by Gasteiger charge is 2.26. The molecule has 0 aliphatic carbocycles. The molecule has 1 aromatic rings. The minimum atomic E-state index is -3.93. The van der Waals surface area contributed by atoms with E-state index in [9.17, 15) is 18.0 Å². The second-order valence-corrected chi connectivity index (χ2v) is 7.24. The SMILES string of the molecule is CCCC[C@@H](NS(=O)(=O)c1ccc2c(c1)CCC(=O)N2)C(=O)O. The summed E-state index contributed by atoms with van der Waals surface area (Å²) in [6.45, 7) is 1.91. The summed E-state index contributed by atoms with van der Waals surface area (Å²) in [7, 11) is -3.93. The van der Waals surface area contributed by atoms with Crippen LogP contribution >= 0.6 is 0 Å². The summed E-state index contributed by atoms with van der Waals surface area (Å²) in [5.74, 6) is -1.29. The molecule has 1 aliphatic rings.